The molecule has 0 N–H and O–H groups in total. The molecule has 3 nitrogen and oxygen atoms in total. The molecule has 0 aliphatic heterocycles. The zero-order valence-electron chi connectivity index (χ0n) is 15.5. The minimum atomic E-state index is -0.381. The predicted molar refractivity (Wildman–Crippen MR) is 102 cm³/mol. The molecule has 136 valence electrons. The van der Waals surface area contributed by atoms with Crippen LogP contribution in [-0.2, 0) is 11.2 Å². The maximum absolute atomic E-state index is 12.5. The molecule has 0 unspecified atom stereocenters. The third-order valence-corrected chi connectivity index (χ3v) is 5.27. The topological polar surface area (TPSA) is 43.4 Å². The van der Waals surface area contributed by atoms with Gasteiger partial charge in [0.25, 0.3) is 0 Å². The summed E-state index contributed by atoms with van der Waals surface area (Å²) in [6, 6.07) is 14.6. The maximum Gasteiger partial charge on any atom is 0.343 e. The fraction of sp³-hybridized carbons (Fsp3) is 0.391. The SMILES string of the molecule is Cc1ccc(OC(=O)c2ccc(CC(=O)C3CCC(C)CC3)cc2)cc1. The Labute approximate surface area is 155 Å². The lowest BCUT2D eigenvalue weighted by Gasteiger charge is -2.25. The van der Waals surface area contributed by atoms with Crippen LogP contribution in [0.25, 0.3) is 0 Å². The van der Waals surface area contributed by atoms with Crippen molar-refractivity contribution in [3.8, 4) is 5.75 Å². The van der Waals surface area contributed by atoms with E-state index in [2.05, 4.69) is 6.92 Å². The summed E-state index contributed by atoms with van der Waals surface area (Å²) in [5, 5.41) is 0. The van der Waals surface area contributed by atoms with Crippen molar-refractivity contribution in [3.05, 3.63) is 65.2 Å². The van der Waals surface area contributed by atoms with Gasteiger partial charge in [-0.05, 0) is 55.5 Å². The van der Waals surface area contributed by atoms with E-state index in [-0.39, 0.29) is 11.9 Å². The van der Waals surface area contributed by atoms with E-state index in [1.54, 1.807) is 24.3 Å². The van der Waals surface area contributed by atoms with Gasteiger partial charge in [0.1, 0.15) is 11.5 Å². The summed E-state index contributed by atoms with van der Waals surface area (Å²) in [4.78, 5) is 24.7. The van der Waals surface area contributed by atoms with E-state index in [9.17, 15) is 9.59 Å². The second kappa shape index (κ2) is 8.31. The molecule has 3 rings (SSSR count). The standard InChI is InChI=1S/C23H26O3/c1-16-3-9-19(10-4-16)22(24)15-18-7-11-20(12-8-18)23(25)26-21-13-5-17(2)6-14-21/h5-8,11-14,16,19H,3-4,9-10,15H2,1-2H3. The highest BCUT2D eigenvalue weighted by Gasteiger charge is 2.24. The van der Waals surface area contributed by atoms with E-state index >= 15 is 0 Å². The molecule has 0 aromatic heterocycles. The molecule has 0 atom stereocenters. The summed E-state index contributed by atoms with van der Waals surface area (Å²) in [6.45, 7) is 4.24. The normalized spacial score (nSPS) is 19.8. The Morgan fingerprint density at radius 3 is 2.15 bits per heavy atom. The van der Waals surface area contributed by atoms with Gasteiger partial charge in [0.2, 0.25) is 0 Å². The largest absolute Gasteiger partial charge is 0.423 e. The van der Waals surface area contributed by atoms with Crippen LogP contribution in [-0.4, -0.2) is 11.8 Å². The van der Waals surface area contributed by atoms with Crippen LogP contribution in [0.15, 0.2) is 48.5 Å². The van der Waals surface area contributed by atoms with Crippen molar-refractivity contribution in [2.75, 3.05) is 0 Å². The van der Waals surface area contributed by atoms with E-state index in [0.717, 1.165) is 42.7 Å². The monoisotopic (exact) mass is 350 g/mol. The van der Waals surface area contributed by atoms with E-state index in [1.165, 1.54) is 0 Å². The summed E-state index contributed by atoms with van der Waals surface area (Å²) in [7, 11) is 0. The molecule has 3 heteroatoms. The molecule has 1 aliphatic carbocycles. The Bertz CT molecular complexity index is 751. The van der Waals surface area contributed by atoms with Gasteiger partial charge in [0.05, 0.1) is 5.56 Å². The number of esters is 1. The zero-order valence-corrected chi connectivity index (χ0v) is 15.5. The molecule has 26 heavy (non-hydrogen) atoms. The molecule has 1 fully saturated rings. The molecule has 0 heterocycles. The van der Waals surface area contributed by atoms with Crippen LogP contribution < -0.4 is 4.74 Å². The molecule has 2 aromatic carbocycles. The fourth-order valence-corrected chi connectivity index (χ4v) is 3.46. The number of rotatable bonds is 5. The average Bonchev–Trinajstić information content (AvgIpc) is 2.64. The molecule has 1 aliphatic rings. The van der Waals surface area contributed by atoms with E-state index in [0.29, 0.717) is 23.5 Å². The summed E-state index contributed by atoms with van der Waals surface area (Å²) in [6.07, 6.45) is 4.79. The Morgan fingerprint density at radius 1 is 0.923 bits per heavy atom. The van der Waals surface area contributed by atoms with Crippen LogP contribution in [0.5, 0.6) is 5.75 Å². The van der Waals surface area contributed by atoms with Crippen LogP contribution in [0.1, 0.15) is 54.1 Å². The fourth-order valence-electron chi connectivity index (χ4n) is 3.46. The first-order chi connectivity index (χ1) is 12.5. The second-order valence-corrected chi connectivity index (χ2v) is 7.50. The molecular formula is C23H26O3. The highest BCUT2D eigenvalue weighted by Crippen LogP contribution is 2.29. The van der Waals surface area contributed by atoms with Crippen molar-refractivity contribution in [2.45, 2.75) is 46.0 Å². The maximum atomic E-state index is 12.5. The molecule has 1 saturated carbocycles. The van der Waals surface area contributed by atoms with Crippen LogP contribution in [0.3, 0.4) is 0 Å². The van der Waals surface area contributed by atoms with Crippen LogP contribution in [0.4, 0.5) is 0 Å². The van der Waals surface area contributed by atoms with Crippen molar-refractivity contribution < 1.29 is 14.3 Å². The van der Waals surface area contributed by atoms with Gasteiger partial charge in [-0.15, -0.1) is 0 Å². The number of hydrogen-bond acceptors (Lipinski definition) is 3. The smallest absolute Gasteiger partial charge is 0.343 e. The number of Topliss-reactive ketones (excluding diaryl/α,β-unsaturated/α-hetero) is 1. The summed E-state index contributed by atoms with van der Waals surface area (Å²) in [5.41, 5.74) is 2.57. The number of ketones is 1. The minimum Gasteiger partial charge on any atom is -0.423 e. The third kappa shape index (κ3) is 4.81. The number of carbonyl (C=O) groups excluding carboxylic acids is 2. The van der Waals surface area contributed by atoms with Crippen molar-refractivity contribution >= 4 is 11.8 Å². The number of benzene rings is 2. The lowest BCUT2D eigenvalue weighted by atomic mass is 9.79. The number of ether oxygens (including phenoxy) is 1. The summed E-state index contributed by atoms with van der Waals surface area (Å²) in [5.74, 6) is 1.43. The van der Waals surface area contributed by atoms with Gasteiger partial charge >= 0.3 is 5.97 Å². The van der Waals surface area contributed by atoms with Gasteiger partial charge in [-0.25, -0.2) is 4.79 Å². The van der Waals surface area contributed by atoms with Gasteiger partial charge < -0.3 is 4.74 Å². The Balaban J connectivity index is 1.56. The van der Waals surface area contributed by atoms with Gasteiger partial charge in [-0.2, -0.15) is 0 Å². The lowest BCUT2D eigenvalue weighted by molar-refractivity contribution is -0.123. The minimum absolute atomic E-state index is 0.206. The van der Waals surface area contributed by atoms with Crippen LogP contribution in [0.2, 0.25) is 0 Å². The molecule has 0 saturated heterocycles. The number of hydrogen-bond donors (Lipinski definition) is 0. The third-order valence-electron chi connectivity index (χ3n) is 5.27. The van der Waals surface area contributed by atoms with Crippen LogP contribution >= 0.6 is 0 Å². The first kappa shape index (κ1) is 18.4. The first-order valence-corrected chi connectivity index (χ1v) is 9.42. The molecule has 0 amide bonds. The Morgan fingerprint density at radius 2 is 1.54 bits per heavy atom. The highest BCUT2D eigenvalue weighted by atomic mass is 16.5. The Kier molecular flexibility index (Phi) is 5.87. The second-order valence-electron chi connectivity index (χ2n) is 7.50. The zero-order chi connectivity index (χ0) is 18.5. The van der Waals surface area contributed by atoms with E-state index in [4.69, 9.17) is 4.74 Å². The molecule has 2 aromatic rings. The van der Waals surface area contributed by atoms with Crippen molar-refractivity contribution in [2.24, 2.45) is 11.8 Å². The molecule has 0 bridgehead atoms. The van der Waals surface area contributed by atoms with Gasteiger partial charge in [0.15, 0.2) is 0 Å². The quantitative estimate of drug-likeness (QED) is 0.553. The average molecular weight is 350 g/mol. The van der Waals surface area contributed by atoms with Crippen LogP contribution in [0, 0.1) is 18.8 Å². The van der Waals surface area contributed by atoms with Crippen molar-refractivity contribution in [1.82, 2.24) is 0 Å². The molecule has 0 radical (unpaired) electrons. The van der Waals surface area contributed by atoms with Crippen molar-refractivity contribution in [1.29, 1.82) is 0 Å². The van der Waals surface area contributed by atoms with Gasteiger partial charge in [-0.3, -0.25) is 4.79 Å². The predicted octanol–water partition coefficient (Wildman–Crippen LogP) is 5.15. The highest BCUT2D eigenvalue weighted by molar-refractivity contribution is 5.91. The van der Waals surface area contributed by atoms with Gasteiger partial charge in [0, 0.05) is 12.3 Å². The molecule has 0 spiro atoms. The molecular weight excluding hydrogens is 324 g/mol. The Hall–Kier alpha value is -2.42. The summed E-state index contributed by atoms with van der Waals surface area (Å²) < 4.78 is 5.38. The lowest BCUT2D eigenvalue weighted by Crippen LogP contribution is -2.22. The summed E-state index contributed by atoms with van der Waals surface area (Å²) >= 11 is 0. The van der Waals surface area contributed by atoms with E-state index in [1.807, 2.05) is 31.2 Å². The number of carbonyl (C=O) groups is 2. The van der Waals surface area contributed by atoms with E-state index < -0.39 is 0 Å². The number of aryl methyl sites for hydroxylation is 1. The first-order valence-electron chi connectivity index (χ1n) is 9.42. The van der Waals surface area contributed by atoms with Gasteiger partial charge in [-0.1, -0.05) is 49.6 Å². The van der Waals surface area contributed by atoms with Crippen molar-refractivity contribution in [3.63, 3.8) is 0 Å².